The summed E-state index contributed by atoms with van der Waals surface area (Å²) in [6.07, 6.45) is -0.808. The maximum absolute atomic E-state index is 12.4. The number of hydrogen-bond donors (Lipinski definition) is 1. The lowest BCUT2D eigenvalue weighted by Gasteiger charge is -2.14. The minimum atomic E-state index is -0.405. The number of carbonyl (C=O) groups excluding carboxylic acids is 2. The second kappa shape index (κ2) is 6.83. The van der Waals surface area contributed by atoms with Crippen LogP contribution in [0.4, 0.5) is 10.5 Å². The molecule has 1 fully saturated rings. The summed E-state index contributed by atoms with van der Waals surface area (Å²) in [6.45, 7) is 4.81. The number of ether oxygens (including phenoxy) is 3. The SMILES string of the molecule is Cc1ccc(N2CC(CNC(=O)c3ccc4c(c3)OCO4)OC2=O)cc1C. The number of amides is 2. The second-order valence-corrected chi connectivity index (χ2v) is 6.66. The number of rotatable bonds is 4. The largest absolute Gasteiger partial charge is 0.454 e. The van der Waals surface area contributed by atoms with Crippen LogP contribution in [0.15, 0.2) is 36.4 Å². The Balaban J connectivity index is 1.37. The first kappa shape index (κ1) is 17.2. The van der Waals surface area contributed by atoms with E-state index in [9.17, 15) is 9.59 Å². The molecule has 1 N–H and O–H groups in total. The Labute approximate surface area is 156 Å². The zero-order valence-corrected chi connectivity index (χ0v) is 15.2. The topological polar surface area (TPSA) is 77.1 Å². The van der Waals surface area contributed by atoms with Crippen molar-refractivity contribution in [2.45, 2.75) is 20.0 Å². The fourth-order valence-electron chi connectivity index (χ4n) is 3.08. The van der Waals surface area contributed by atoms with Gasteiger partial charge in [-0.3, -0.25) is 9.69 Å². The first-order valence-corrected chi connectivity index (χ1v) is 8.74. The van der Waals surface area contributed by atoms with E-state index >= 15 is 0 Å². The van der Waals surface area contributed by atoms with Crippen LogP contribution < -0.4 is 19.7 Å². The number of anilines is 1. The Morgan fingerprint density at radius 1 is 1.11 bits per heavy atom. The summed E-state index contributed by atoms with van der Waals surface area (Å²) in [6, 6.07) is 10.9. The van der Waals surface area contributed by atoms with Crippen molar-refractivity contribution in [1.29, 1.82) is 0 Å². The summed E-state index contributed by atoms with van der Waals surface area (Å²) in [4.78, 5) is 26.1. The van der Waals surface area contributed by atoms with Gasteiger partial charge in [0, 0.05) is 11.3 Å². The number of hydrogen-bond acceptors (Lipinski definition) is 5. The molecule has 0 radical (unpaired) electrons. The normalized spacial score (nSPS) is 17.8. The van der Waals surface area contributed by atoms with E-state index in [0.29, 0.717) is 23.6 Å². The van der Waals surface area contributed by atoms with Crippen LogP contribution in [0.2, 0.25) is 0 Å². The van der Waals surface area contributed by atoms with E-state index in [1.807, 2.05) is 32.0 Å². The Morgan fingerprint density at radius 2 is 1.93 bits per heavy atom. The number of cyclic esters (lactones) is 1. The summed E-state index contributed by atoms with van der Waals surface area (Å²) in [5, 5.41) is 2.81. The van der Waals surface area contributed by atoms with Crippen molar-refractivity contribution < 1.29 is 23.8 Å². The van der Waals surface area contributed by atoms with Crippen molar-refractivity contribution in [3.8, 4) is 11.5 Å². The summed E-state index contributed by atoms with van der Waals surface area (Å²) >= 11 is 0. The molecule has 1 unspecified atom stereocenters. The zero-order chi connectivity index (χ0) is 19.0. The van der Waals surface area contributed by atoms with E-state index < -0.39 is 12.2 Å². The molecule has 1 atom stereocenters. The third kappa shape index (κ3) is 3.40. The lowest BCUT2D eigenvalue weighted by atomic mass is 10.1. The lowest BCUT2D eigenvalue weighted by Crippen LogP contribution is -2.34. The van der Waals surface area contributed by atoms with Crippen LogP contribution in [-0.2, 0) is 4.74 Å². The van der Waals surface area contributed by atoms with Crippen molar-refractivity contribution in [2.24, 2.45) is 0 Å². The summed E-state index contributed by atoms with van der Waals surface area (Å²) in [5.41, 5.74) is 3.54. The third-order valence-electron chi connectivity index (χ3n) is 4.80. The first-order chi connectivity index (χ1) is 13.0. The van der Waals surface area contributed by atoms with Crippen molar-refractivity contribution in [1.82, 2.24) is 5.32 Å². The van der Waals surface area contributed by atoms with Gasteiger partial charge in [0.25, 0.3) is 5.91 Å². The number of aryl methyl sites for hydroxylation is 2. The van der Waals surface area contributed by atoms with Crippen LogP contribution in [0, 0.1) is 13.8 Å². The van der Waals surface area contributed by atoms with E-state index in [2.05, 4.69) is 5.32 Å². The Kier molecular flexibility index (Phi) is 4.35. The average molecular weight is 368 g/mol. The molecular formula is C20H20N2O5. The Bertz CT molecular complexity index is 911. The predicted octanol–water partition coefficient (Wildman–Crippen LogP) is 2.79. The van der Waals surface area contributed by atoms with Gasteiger partial charge in [-0.05, 0) is 55.3 Å². The first-order valence-electron chi connectivity index (χ1n) is 8.74. The van der Waals surface area contributed by atoms with Crippen LogP contribution in [-0.4, -0.2) is 38.0 Å². The van der Waals surface area contributed by atoms with Gasteiger partial charge in [-0.15, -0.1) is 0 Å². The number of benzene rings is 2. The molecule has 140 valence electrons. The highest BCUT2D eigenvalue weighted by atomic mass is 16.7. The number of fused-ring (bicyclic) bond motifs is 1. The third-order valence-corrected chi connectivity index (χ3v) is 4.80. The fourth-order valence-corrected chi connectivity index (χ4v) is 3.08. The molecule has 1 saturated heterocycles. The monoisotopic (exact) mass is 368 g/mol. The molecule has 2 aromatic carbocycles. The predicted molar refractivity (Wildman–Crippen MR) is 98.4 cm³/mol. The highest BCUT2D eigenvalue weighted by Gasteiger charge is 2.32. The smallest absolute Gasteiger partial charge is 0.414 e. The zero-order valence-electron chi connectivity index (χ0n) is 15.2. The minimum absolute atomic E-state index is 0.159. The summed E-state index contributed by atoms with van der Waals surface area (Å²) < 4.78 is 15.9. The Hall–Kier alpha value is -3.22. The molecule has 0 aliphatic carbocycles. The van der Waals surface area contributed by atoms with Crippen LogP contribution in [0.3, 0.4) is 0 Å². The number of carbonyl (C=O) groups is 2. The molecule has 0 aromatic heterocycles. The molecule has 0 spiro atoms. The standard InChI is InChI=1S/C20H20N2O5/c1-12-3-5-15(7-13(12)2)22-10-16(27-20(22)24)9-21-19(23)14-4-6-17-18(8-14)26-11-25-17/h3-8,16H,9-11H2,1-2H3,(H,21,23). The van der Waals surface area contributed by atoms with Gasteiger partial charge in [-0.2, -0.15) is 0 Å². The second-order valence-electron chi connectivity index (χ2n) is 6.66. The van der Waals surface area contributed by atoms with Gasteiger partial charge in [-0.25, -0.2) is 4.79 Å². The number of nitrogens with one attached hydrogen (secondary N) is 1. The molecule has 7 nitrogen and oxygen atoms in total. The molecule has 27 heavy (non-hydrogen) atoms. The van der Waals surface area contributed by atoms with Gasteiger partial charge in [-0.1, -0.05) is 6.07 Å². The fraction of sp³-hybridized carbons (Fsp3) is 0.300. The molecular weight excluding hydrogens is 348 g/mol. The maximum Gasteiger partial charge on any atom is 0.414 e. The summed E-state index contributed by atoms with van der Waals surface area (Å²) in [5.74, 6) is 0.921. The van der Waals surface area contributed by atoms with Gasteiger partial charge < -0.3 is 19.5 Å². The quantitative estimate of drug-likeness (QED) is 0.898. The van der Waals surface area contributed by atoms with E-state index in [4.69, 9.17) is 14.2 Å². The van der Waals surface area contributed by atoms with Crippen LogP contribution in [0.25, 0.3) is 0 Å². The van der Waals surface area contributed by atoms with Crippen LogP contribution in [0.1, 0.15) is 21.5 Å². The van der Waals surface area contributed by atoms with Gasteiger partial charge in [0.1, 0.15) is 6.10 Å². The molecule has 4 rings (SSSR count). The Morgan fingerprint density at radius 3 is 2.74 bits per heavy atom. The highest BCUT2D eigenvalue weighted by molar-refractivity contribution is 5.95. The van der Waals surface area contributed by atoms with Crippen molar-refractivity contribution >= 4 is 17.7 Å². The average Bonchev–Trinajstić information content (AvgIpc) is 3.27. The molecule has 0 saturated carbocycles. The van der Waals surface area contributed by atoms with Crippen molar-refractivity contribution in [2.75, 3.05) is 24.8 Å². The molecule has 2 aliphatic heterocycles. The molecule has 7 heteroatoms. The molecule has 2 amide bonds. The molecule has 0 bridgehead atoms. The summed E-state index contributed by atoms with van der Waals surface area (Å²) in [7, 11) is 0. The van der Waals surface area contributed by atoms with Gasteiger partial charge in [0.05, 0.1) is 13.1 Å². The minimum Gasteiger partial charge on any atom is -0.454 e. The molecule has 2 aliphatic rings. The van der Waals surface area contributed by atoms with Crippen molar-refractivity contribution in [3.05, 3.63) is 53.1 Å². The van der Waals surface area contributed by atoms with E-state index in [0.717, 1.165) is 11.3 Å². The van der Waals surface area contributed by atoms with Crippen LogP contribution in [0.5, 0.6) is 11.5 Å². The van der Waals surface area contributed by atoms with Gasteiger partial charge in [0.2, 0.25) is 6.79 Å². The van der Waals surface area contributed by atoms with Crippen LogP contribution >= 0.6 is 0 Å². The lowest BCUT2D eigenvalue weighted by molar-refractivity contribution is 0.0915. The molecule has 2 heterocycles. The molecule has 2 aromatic rings. The highest BCUT2D eigenvalue weighted by Crippen LogP contribution is 2.32. The van der Waals surface area contributed by atoms with E-state index in [1.165, 1.54) is 5.56 Å². The van der Waals surface area contributed by atoms with Crippen molar-refractivity contribution in [3.63, 3.8) is 0 Å². The van der Waals surface area contributed by atoms with Gasteiger partial charge in [0.15, 0.2) is 11.5 Å². The van der Waals surface area contributed by atoms with E-state index in [-0.39, 0.29) is 19.2 Å². The maximum atomic E-state index is 12.4. The number of nitrogens with zero attached hydrogens (tertiary/aromatic N) is 1. The van der Waals surface area contributed by atoms with E-state index in [1.54, 1.807) is 23.1 Å². The van der Waals surface area contributed by atoms with Gasteiger partial charge >= 0.3 is 6.09 Å².